The third kappa shape index (κ3) is 8.21. The van der Waals surface area contributed by atoms with E-state index in [1.807, 2.05) is 30.3 Å². The first-order chi connectivity index (χ1) is 21.9. The van der Waals surface area contributed by atoms with E-state index in [1.165, 1.54) is 31.4 Å². The second-order valence-corrected chi connectivity index (χ2v) is 12.6. The number of fused-ring (bicyclic) bond motifs is 1. The van der Waals surface area contributed by atoms with Crippen LogP contribution in [0.5, 0.6) is 5.75 Å². The highest BCUT2D eigenvalue weighted by Gasteiger charge is 2.45. The average molecular weight is 617 g/mol. The van der Waals surface area contributed by atoms with E-state index >= 15 is 0 Å². The Morgan fingerprint density at radius 3 is 2.53 bits per heavy atom. The molecular formula is C36H48N4O5. The van der Waals surface area contributed by atoms with Gasteiger partial charge in [-0.3, -0.25) is 9.69 Å². The number of oxazole rings is 1. The number of hydrogen-bond acceptors (Lipinski definition) is 8. The molecule has 5 rings (SSSR count). The molecule has 45 heavy (non-hydrogen) atoms. The van der Waals surface area contributed by atoms with Crippen molar-refractivity contribution in [1.82, 2.24) is 20.2 Å². The lowest BCUT2D eigenvalue weighted by Gasteiger charge is -2.31. The second-order valence-electron chi connectivity index (χ2n) is 12.6. The number of nitrogens with one attached hydrogen (secondary N) is 2. The Labute approximate surface area is 265 Å². The van der Waals surface area contributed by atoms with Crippen LogP contribution in [0.3, 0.4) is 0 Å². The maximum Gasteiger partial charge on any atom is 0.248 e. The molecule has 2 heterocycles. The van der Waals surface area contributed by atoms with Crippen molar-refractivity contribution in [1.29, 1.82) is 0 Å². The molecule has 0 radical (unpaired) electrons. The Morgan fingerprint density at radius 2 is 1.76 bits per heavy atom. The van der Waals surface area contributed by atoms with Crippen LogP contribution in [0, 0.1) is 5.92 Å². The second kappa shape index (κ2) is 15.7. The Balaban J connectivity index is 0.963. The molecule has 2 atom stereocenters. The molecule has 4 aromatic rings. The lowest BCUT2D eigenvalue weighted by molar-refractivity contribution is -0.00726. The molecule has 0 saturated heterocycles. The fourth-order valence-electron chi connectivity index (χ4n) is 6.71. The van der Waals surface area contributed by atoms with Crippen molar-refractivity contribution < 1.29 is 19.7 Å². The van der Waals surface area contributed by atoms with Crippen LogP contribution in [0.25, 0.3) is 10.9 Å². The normalized spacial score (nSPS) is 16.0. The summed E-state index contributed by atoms with van der Waals surface area (Å²) in [5, 5.41) is 36.6. The summed E-state index contributed by atoms with van der Waals surface area (Å²) < 4.78 is 6.20. The van der Waals surface area contributed by atoms with Gasteiger partial charge in [0.25, 0.3) is 0 Å². The van der Waals surface area contributed by atoms with E-state index in [0.29, 0.717) is 35.4 Å². The van der Waals surface area contributed by atoms with E-state index in [4.69, 9.17) is 4.42 Å². The van der Waals surface area contributed by atoms with Crippen LogP contribution in [0.2, 0.25) is 0 Å². The van der Waals surface area contributed by atoms with Crippen LogP contribution in [0.4, 0.5) is 0 Å². The van der Waals surface area contributed by atoms with Gasteiger partial charge in [0.15, 0.2) is 5.60 Å². The van der Waals surface area contributed by atoms with Crippen molar-refractivity contribution in [3.8, 4) is 5.75 Å². The Bertz CT molecular complexity index is 1550. The SMILES string of the molecule is CN(CCCCCCCCNC[C@H](O)c1ccc(O)c2[nH]c(=O)ccc12)Cc1cnc(C(O)(c2ccccc2)C2CCCC2)o1. The average Bonchev–Trinajstić information content (AvgIpc) is 3.76. The third-order valence-corrected chi connectivity index (χ3v) is 9.21. The number of pyridine rings is 1. The van der Waals surface area contributed by atoms with E-state index in [-0.39, 0.29) is 17.2 Å². The van der Waals surface area contributed by atoms with Gasteiger partial charge in [-0.2, -0.15) is 0 Å². The lowest BCUT2D eigenvalue weighted by Crippen LogP contribution is -2.35. The minimum atomic E-state index is -1.19. The highest BCUT2D eigenvalue weighted by molar-refractivity contribution is 5.87. The molecule has 1 aliphatic rings. The molecular weight excluding hydrogens is 568 g/mol. The molecule has 0 aliphatic heterocycles. The third-order valence-electron chi connectivity index (χ3n) is 9.21. The maximum absolute atomic E-state index is 11.9. The standard InChI is InChI=1S/C36H48N4O5/c1-40(25-28-23-38-35(45-28)36(44,27-15-9-10-16-27)26-13-7-6-8-14-26)22-12-5-3-2-4-11-21-37-24-32(42)29-17-19-31(41)34-30(29)18-20-33(43)39-34/h6-8,13-14,17-20,23,27,32,37,41-42,44H,2-5,9-12,15-16,21-22,24-25H2,1H3,(H,39,43)/t32-,36?/m0/s1. The van der Waals surface area contributed by atoms with Gasteiger partial charge in [0.05, 0.1) is 24.4 Å². The van der Waals surface area contributed by atoms with Gasteiger partial charge >= 0.3 is 0 Å². The minimum absolute atomic E-state index is 0.00538. The fourth-order valence-corrected chi connectivity index (χ4v) is 6.71. The van der Waals surface area contributed by atoms with Crippen molar-refractivity contribution in [2.24, 2.45) is 5.92 Å². The summed E-state index contributed by atoms with van der Waals surface area (Å²) in [7, 11) is 2.10. The number of aromatic amines is 1. The highest BCUT2D eigenvalue weighted by atomic mass is 16.4. The van der Waals surface area contributed by atoms with Crippen LogP contribution in [-0.2, 0) is 12.1 Å². The molecule has 9 heteroatoms. The van der Waals surface area contributed by atoms with Crippen molar-refractivity contribution in [3.63, 3.8) is 0 Å². The molecule has 242 valence electrons. The molecule has 1 unspecified atom stereocenters. The van der Waals surface area contributed by atoms with Crippen molar-refractivity contribution in [3.05, 3.63) is 93.9 Å². The van der Waals surface area contributed by atoms with Crippen molar-refractivity contribution in [2.75, 3.05) is 26.7 Å². The molecule has 2 aromatic carbocycles. The molecule has 5 N–H and O–H groups in total. The lowest BCUT2D eigenvalue weighted by atomic mass is 9.80. The molecule has 9 nitrogen and oxygen atoms in total. The number of aliphatic hydroxyl groups excluding tert-OH is 1. The topological polar surface area (TPSA) is 135 Å². The zero-order valence-electron chi connectivity index (χ0n) is 26.4. The first-order valence-electron chi connectivity index (χ1n) is 16.5. The number of H-pyrrole nitrogens is 1. The van der Waals surface area contributed by atoms with Gasteiger partial charge in [-0.05, 0) is 69.1 Å². The number of unbranched alkanes of at least 4 members (excludes halogenated alkanes) is 5. The zero-order valence-corrected chi connectivity index (χ0v) is 26.4. The molecule has 1 fully saturated rings. The molecule has 1 aliphatic carbocycles. The molecule has 2 aromatic heterocycles. The number of nitrogens with zero attached hydrogens (tertiary/aromatic N) is 2. The van der Waals surface area contributed by atoms with Gasteiger partial charge in [0.2, 0.25) is 11.4 Å². The van der Waals surface area contributed by atoms with Gasteiger partial charge in [-0.1, -0.05) is 74.9 Å². The quantitative estimate of drug-likeness (QED) is 0.0948. The number of rotatable bonds is 17. The van der Waals surface area contributed by atoms with Crippen LogP contribution < -0.4 is 10.9 Å². The van der Waals surface area contributed by atoms with E-state index in [9.17, 15) is 20.1 Å². The Morgan fingerprint density at radius 1 is 1.02 bits per heavy atom. The van der Waals surface area contributed by atoms with E-state index in [1.54, 1.807) is 18.3 Å². The van der Waals surface area contributed by atoms with Crippen LogP contribution in [0.15, 0.2) is 70.0 Å². The highest BCUT2D eigenvalue weighted by Crippen LogP contribution is 2.44. The molecule has 0 amide bonds. The minimum Gasteiger partial charge on any atom is -0.506 e. The summed E-state index contributed by atoms with van der Waals surface area (Å²) in [4.78, 5) is 21.1. The number of aromatic hydroxyl groups is 1. The van der Waals surface area contributed by atoms with Crippen molar-refractivity contribution >= 4 is 10.9 Å². The number of aromatic nitrogens is 2. The summed E-state index contributed by atoms with van der Waals surface area (Å²) >= 11 is 0. The van der Waals surface area contributed by atoms with Gasteiger partial charge in [0.1, 0.15) is 11.5 Å². The predicted octanol–water partition coefficient (Wildman–Crippen LogP) is 5.74. The van der Waals surface area contributed by atoms with Crippen LogP contribution in [-0.4, -0.2) is 56.9 Å². The summed E-state index contributed by atoms with van der Waals surface area (Å²) in [6, 6.07) is 16.1. The number of hydrogen-bond donors (Lipinski definition) is 5. The summed E-state index contributed by atoms with van der Waals surface area (Å²) in [5.41, 5.74) is 0.410. The van der Waals surface area contributed by atoms with Crippen LogP contribution in [0.1, 0.15) is 93.1 Å². The zero-order chi connectivity index (χ0) is 31.6. The molecule has 0 spiro atoms. The van der Waals surface area contributed by atoms with E-state index in [0.717, 1.165) is 69.4 Å². The molecule has 0 bridgehead atoms. The summed E-state index contributed by atoms with van der Waals surface area (Å²) in [6.45, 7) is 2.87. The van der Waals surface area contributed by atoms with E-state index < -0.39 is 11.7 Å². The Kier molecular flexibility index (Phi) is 11.5. The van der Waals surface area contributed by atoms with Gasteiger partial charge in [-0.15, -0.1) is 0 Å². The fraction of sp³-hybridized carbons (Fsp3) is 0.500. The van der Waals surface area contributed by atoms with Crippen LogP contribution >= 0.6 is 0 Å². The van der Waals surface area contributed by atoms with Crippen molar-refractivity contribution in [2.45, 2.75) is 82.5 Å². The maximum atomic E-state index is 11.9. The number of phenolic OH excluding ortho intramolecular Hbond substituents is 1. The largest absolute Gasteiger partial charge is 0.506 e. The number of aliphatic hydroxyl groups is 2. The monoisotopic (exact) mass is 616 g/mol. The number of phenols is 1. The van der Waals surface area contributed by atoms with Gasteiger partial charge in [0, 0.05) is 23.9 Å². The Hall–Kier alpha value is -3.50. The van der Waals surface area contributed by atoms with Gasteiger partial charge < -0.3 is 30.0 Å². The smallest absolute Gasteiger partial charge is 0.248 e. The first-order valence-corrected chi connectivity index (χ1v) is 16.5. The van der Waals surface area contributed by atoms with E-state index in [2.05, 4.69) is 27.2 Å². The summed E-state index contributed by atoms with van der Waals surface area (Å²) in [6.07, 6.45) is 12.1. The predicted molar refractivity (Wildman–Crippen MR) is 176 cm³/mol. The van der Waals surface area contributed by atoms with Gasteiger partial charge in [-0.25, -0.2) is 4.98 Å². The summed E-state index contributed by atoms with van der Waals surface area (Å²) in [5.74, 6) is 1.31. The first kappa shape index (κ1) is 32.9. The number of benzene rings is 2. The molecule has 1 saturated carbocycles.